The summed E-state index contributed by atoms with van der Waals surface area (Å²) in [5.41, 5.74) is 13.5. The van der Waals surface area contributed by atoms with Gasteiger partial charge in [0, 0.05) is 64.2 Å². The molecule has 0 unspecified atom stereocenters. The van der Waals surface area contributed by atoms with Crippen LogP contribution in [0.1, 0.15) is 22.3 Å². The van der Waals surface area contributed by atoms with E-state index in [1.54, 1.807) is 0 Å². The number of ether oxygens (including phenoxy) is 1. The van der Waals surface area contributed by atoms with Crippen molar-refractivity contribution >= 4 is 91.9 Å². The molecule has 0 fully saturated rings. The molecule has 13 aromatic rings. The fourth-order valence-corrected chi connectivity index (χ4v) is 13.0. The summed E-state index contributed by atoms with van der Waals surface area (Å²) >= 11 is 1.86. The SMILES string of the molecule is c1ccc2c(c1)Oc1ccccc1C21c2ccccc2-c2ccc(N(c3ccc4c5ccccc5n(-c5ccc6sc7ccccc7c6c5)c4c3)c3cccc4ccccc34)c3cccc1c23. The highest BCUT2D eigenvalue weighted by Gasteiger charge is 2.49. The van der Waals surface area contributed by atoms with E-state index in [1.165, 1.54) is 80.3 Å². The zero-order valence-corrected chi connectivity index (χ0v) is 37.0. The number of hydrogen-bond acceptors (Lipinski definition) is 3. The van der Waals surface area contributed by atoms with Gasteiger partial charge < -0.3 is 14.2 Å². The molecular weight excluding hydrogens is 833 g/mol. The molecule has 1 aliphatic carbocycles. The Kier molecular flexibility index (Phi) is 7.58. The Balaban J connectivity index is 1.04. The molecule has 0 saturated carbocycles. The van der Waals surface area contributed by atoms with Gasteiger partial charge in [0.05, 0.1) is 27.8 Å². The minimum Gasteiger partial charge on any atom is -0.457 e. The highest BCUT2D eigenvalue weighted by Crippen LogP contribution is 2.62. The quantitative estimate of drug-likeness (QED) is 0.175. The number of thiophene rings is 1. The van der Waals surface area contributed by atoms with Crippen molar-refractivity contribution in [3.05, 3.63) is 253 Å². The average Bonchev–Trinajstić information content (AvgIpc) is 3.93. The van der Waals surface area contributed by atoms with Crippen LogP contribution < -0.4 is 9.64 Å². The molecule has 0 bridgehead atoms. The molecule has 2 aliphatic rings. The Hall–Kier alpha value is -8.44. The van der Waals surface area contributed by atoms with Crippen molar-refractivity contribution in [2.75, 3.05) is 4.90 Å². The first kappa shape index (κ1) is 36.9. The monoisotopic (exact) mass is 870 g/mol. The molecule has 0 amide bonds. The van der Waals surface area contributed by atoms with Gasteiger partial charge >= 0.3 is 0 Å². The molecule has 67 heavy (non-hydrogen) atoms. The van der Waals surface area contributed by atoms with Crippen molar-refractivity contribution in [3.63, 3.8) is 0 Å². The molecule has 3 heterocycles. The second kappa shape index (κ2) is 13.8. The molecule has 0 atom stereocenters. The van der Waals surface area contributed by atoms with Crippen LogP contribution in [-0.2, 0) is 5.41 Å². The number of nitrogens with zero attached hydrogens (tertiary/aromatic N) is 2. The average molecular weight is 871 g/mol. The van der Waals surface area contributed by atoms with E-state index in [0.29, 0.717) is 0 Å². The minimum absolute atomic E-state index is 0.619. The van der Waals surface area contributed by atoms with Crippen LogP contribution >= 0.6 is 11.3 Å². The number of hydrogen-bond donors (Lipinski definition) is 0. The first-order chi connectivity index (χ1) is 33.2. The van der Waals surface area contributed by atoms with Gasteiger partial charge in [-0.15, -0.1) is 11.3 Å². The maximum absolute atomic E-state index is 6.75. The van der Waals surface area contributed by atoms with E-state index in [1.807, 2.05) is 11.3 Å². The first-order valence-electron chi connectivity index (χ1n) is 23.0. The topological polar surface area (TPSA) is 17.4 Å². The number of rotatable bonds is 4. The summed E-state index contributed by atoms with van der Waals surface area (Å²) < 4.78 is 11.8. The van der Waals surface area contributed by atoms with Crippen molar-refractivity contribution < 1.29 is 4.74 Å². The van der Waals surface area contributed by atoms with E-state index >= 15 is 0 Å². The van der Waals surface area contributed by atoms with Crippen molar-refractivity contribution in [3.8, 4) is 28.3 Å². The van der Waals surface area contributed by atoms with Crippen LogP contribution in [0.5, 0.6) is 11.5 Å². The predicted octanol–water partition coefficient (Wildman–Crippen LogP) is 17.4. The number of benzene rings is 11. The van der Waals surface area contributed by atoms with Crippen LogP contribution in [0, 0.1) is 0 Å². The van der Waals surface area contributed by atoms with Crippen molar-refractivity contribution in [2.24, 2.45) is 0 Å². The maximum Gasteiger partial charge on any atom is 0.132 e. The Bertz CT molecular complexity index is 4180. The maximum atomic E-state index is 6.75. The first-order valence-corrected chi connectivity index (χ1v) is 23.8. The Morgan fingerprint density at radius 1 is 0.388 bits per heavy atom. The molecule has 1 aliphatic heterocycles. The molecular formula is C63H38N2OS. The summed E-state index contributed by atoms with van der Waals surface area (Å²) in [5.74, 6) is 1.78. The normalized spacial score (nSPS) is 13.3. The van der Waals surface area contributed by atoms with Gasteiger partial charge in [0.25, 0.3) is 0 Å². The van der Waals surface area contributed by atoms with Crippen LogP contribution in [0.4, 0.5) is 17.1 Å². The number of aromatic nitrogens is 1. The van der Waals surface area contributed by atoms with Gasteiger partial charge in [-0.1, -0.05) is 164 Å². The third-order valence-corrected chi connectivity index (χ3v) is 15.8. The smallest absolute Gasteiger partial charge is 0.132 e. The third-order valence-electron chi connectivity index (χ3n) is 14.6. The molecule has 15 rings (SSSR count). The summed E-state index contributed by atoms with van der Waals surface area (Å²) in [7, 11) is 0. The fourth-order valence-electron chi connectivity index (χ4n) is 11.9. The molecule has 312 valence electrons. The van der Waals surface area contributed by atoms with E-state index < -0.39 is 5.41 Å². The van der Waals surface area contributed by atoms with E-state index in [2.05, 4.69) is 240 Å². The second-order valence-corrected chi connectivity index (χ2v) is 19.0. The van der Waals surface area contributed by atoms with Crippen molar-refractivity contribution in [1.29, 1.82) is 0 Å². The largest absolute Gasteiger partial charge is 0.457 e. The van der Waals surface area contributed by atoms with Crippen molar-refractivity contribution in [2.45, 2.75) is 5.41 Å². The van der Waals surface area contributed by atoms with Gasteiger partial charge in [0.2, 0.25) is 0 Å². The fraction of sp³-hybridized carbons (Fsp3) is 0.0159. The number of para-hydroxylation sites is 3. The lowest BCUT2D eigenvalue weighted by atomic mass is 9.58. The molecule has 0 saturated heterocycles. The number of fused-ring (bicyclic) bond motifs is 15. The molecule has 0 radical (unpaired) electrons. The van der Waals surface area contributed by atoms with Gasteiger partial charge in [0.15, 0.2) is 0 Å². The predicted molar refractivity (Wildman–Crippen MR) is 281 cm³/mol. The Morgan fingerprint density at radius 2 is 1.01 bits per heavy atom. The van der Waals surface area contributed by atoms with Crippen LogP contribution in [0.3, 0.4) is 0 Å². The summed E-state index contributed by atoms with van der Waals surface area (Å²) in [6.45, 7) is 0. The molecule has 4 heteroatoms. The van der Waals surface area contributed by atoms with Gasteiger partial charge in [-0.25, -0.2) is 0 Å². The lowest BCUT2D eigenvalue weighted by Gasteiger charge is -2.45. The standard InChI is InChI=1S/C63H38N2OS/c1-2-17-42-39(15-1)16-13-27-54(42)64(41-31-33-45-44-19-4-9-26-55(44)65(57(45)38-41)40-32-36-61-49(37-40)46-20-5-12-30-60(46)67-61)56-35-34-47-43-18-3-6-22-50(43)63(53-25-14-21-48(56)62(47)53)51-23-7-10-28-58(51)66-59-29-11-8-24-52(59)63/h1-38H. The lowest BCUT2D eigenvalue weighted by Crippen LogP contribution is -2.36. The Labute approximate surface area is 390 Å². The summed E-state index contributed by atoms with van der Waals surface area (Å²) in [6.07, 6.45) is 0. The van der Waals surface area contributed by atoms with Gasteiger partial charge in [-0.3, -0.25) is 0 Å². The van der Waals surface area contributed by atoms with Gasteiger partial charge in [0.1, 0.15) is 11.5 Å². The molecule has 3 nitrogen and oxygen atoms in total. The summed E-state index contributed by atoms with van der Waals surface area (Å²) in [5, 5.41) is 9.87. The number of anilines is 3. The zero-order chi connectivity index (χ0) is 43.8. The molecule has 11 aromatic carbocycles. The molecule has 0 N–H and O–H groups in total. The minimum atomic E-state index is -0.619. The molecule has 1 spiro atoms. The van der Waals surface area contributed by atoms with E-state index in [-0.39, 0.29) is 0 Å². The van der Waals surface area contributed by atoms with E-state index in [4.69, 9.17) is 4.74 Å². The van der Waals surface area contributed by atoms with Crippen LogP contribution in [0.2, 0.25) is 0 Å². The second-order valence-electron chi connectivity index (χ2n) is 17.9. The van der Waals surface area contributed by atoms with E-state index in [9.17, 15) is 0 Å². The summed E-state index contributed by atoms with van der Waals surface area (Å²) in [4.78, 5) is 2.52. The zero-order valence-electron chi connectivity index (χ0n) is 36.2. The van der Waals surface area contributed by atoms with Crippen LogP contribution in [0.15, 0.2) is 231 Å². The van der Waals surface area contributed by atoms with Crippen molar-refractivity contribution in [1.82, 2.24) is 4.57 Å². The Morgan fingerprint density at radius 3 is 1.88 bits per heavy atom. The van der Waals surface area contributed by atoms with Crippen LogP contribution in [0.25, 0.3) is 80.3 Å². The van der Waals surface area contributed by atoms with Gasteiger partial charge in [-0.2, -0.15) is 0 Å². The van der Waals surface area contributed by atoms with Gasteiger partial charge in [-0.05, 0) is 99.8 Å². The van der Waals surface area contributed by atoms with E-state index in [0.717, 1.165) is 50.9 Å². The van der Waals surface area contributed by atoms with Crippen LogP contribution in [-0.4, -0.2) is 4.57 Å². The summed E-state index contributed by atoms with van der Waals surface area (Å²) in [6, 6.07) is 85.2. The third kappa shape index (κ3) is 5.00. The highest BCUT2D eigenvalue weighted by atomic mass is 32.1. The highest BCUT2D eigenvalue weighted by molar-refractivity contribution is 7.25. The molecule has 2 aromatic heterocycles. The lowest BCUT2D eigenvalue weighted by molar-refractivity contribution is 0.435.